The maximum Gasteiger partial charge on any atom is 0.373 e. The third-order valence-corrected chi connectivity index (χ3v) is 5.45. The third-order valence-electron chi connectivity index (χ3n) is 4.07. The van der Waals surface area contributed by atoms with Gasteiger partial charge in [-0.25, -0.2) is 4.79 Å². The van der Waals surface area contributed by atoms with Gasteiger partial charge in [0.1, 0.15) is 23.2 Å². The lowest BCUT2D eigenvalue weighted by Gasteiger charge is -2.11. The van der Waals surface area contributed by atoms with Gasteiger partial charge in [-0.1, -0.05) is 30.0 Å². The fourth-order valence-electron chi connectivity index (χ4n) is 2.63. The van der Waals surface area contributed by atoms with Gasteiger partial charge in [0.15, 0.2) is 11.5 Å². The highest BCUT2D eigenvalue weighted by Crippen LogP contribution is 2.35. The van der Waals surface area contributed by atoms with Gasteiger partial charge >= 0.3 is 11.9 Å². The molecule has 11 heteroatoms. The molecule has 31 heavy (non-hydrogen) atoms. The van der Waals surface area contributed by atoms with E-state index in [0.29, 0.717) is 27.7 Å². The van der Waals surface area contributed by atoms with Gasteiger partial charge in [0.05, 0.1) is 19.1 Å². The van der Waals surface area contributed by atoms with Gasteiger partial charge in [-0.05, 0) is 35.9 Å². The average molecular weight is 463 g/mol. The fraction of sp³-hybridized carbons (Fsp3) is 0.200. The number of carboxylic acids is 1. The first kappa shape index (κ1) is 22.4. The second-order valence-electron chi connectivity index (χ2n) is 6.12. The van der Waals surface area contributed by atoms with Crippen LogP contribution in [0.4, 0.5) is 0 Å². The van der Waals surface area contributed by atoms with Crippen molar-refractivity contribution >= 4 is 52.2 Å². The number of carbonyl (C=O) groups is 3. The number of ether oxygens (including phenoxy) is 3. The van der Waals surface area contributed by atoms with Crippen LogP contribution in [-0.2, 0) is 20.9 Å². The van der Waals surface area contributed by atoms with Crippen LogP contribution >= 0.6 is 24.0 Å². The van der Waals surface area contributed by atoms with Crippen molar-refractivity contribution in [2.24, 2.45) is 0 Å². The monoisotopic (exact) mass is 463 g/mol. The molecule has 1 N–H and O–H groups in total. The summed E-state index contributed by atoms with van der Waals surface area (Å²) in [5.41, 5.74) is 0.644. The highest BCUT2D eigenvalue weighted by Gasteiger charge is 2.33. The normalized spacial score (nSPS) is 14.8. The molecule has 1 fully saturated rings. The molecule has 1 saturated heterocycles. The van der Waals surface area contributed by atoms with E-state index in [4.69, 9.17) is 31.2 Å². The van der Waals surface area contributed by atoms with Gasteiger partial charge in [0, 0.05) is 0 Å². The molecule has 0 spiro atoms. The van der Waals surface area contributed by atoms with Crippen LogP contribution in [0.2, 0.25) is 0 Å². The molecule has 162 valence electrons. The van der Waals surface area contributed by atoms with Gasteiger partial charge in [-0.15, -0.1) is 0 Å². The predicted octanol–water partition coefficient (Wildman–Crippen LogP) is 2.94. The number of aliphatic carboxylic acids is 1. The van der Waals surface area contributed by atoms with Crippen LogP contribution < -0.4 is 9.47 Å². The van der Waals surface area contributed by atoms with E-state index in [-0.39, 0.29) is 16.7 Å². The van der Waals surface area contributed by atoms with Crippen molar-refractivity contribution in [1.29, 1.82) is 0 Å². The van der Waals surface area contributed by atoms with E-state index in [1.807, 2.05) is 0 Å². The van der Waals surface area contributed by atoms with E-state index in [9.17, 15) is 14.4 Å². The Kier molecular flexibility index (Phi) is 6.98. The first-order valence-electron chi connectivity index (χ1n) is 8.77. The van der Waals surface area contributed by atoms with Crippen molar-refractivity contribution in [3.8, 4) is 11.5 Å². The number of thioether (sulfide) groups is 1. The first-order valence-corrected chi connectivity index (χ1v) is 10.00. The van der Waals surface area contributed by atoms with Crippen molar-refractivity contribution in [3.63, 3.8) is 0 Å². The molecule has 0 aliphatic carbocycles. The summed E-state index contributed by atoms with van der Waals surface area (Å²) in [7, 11) is 2.73. The molecule has 0 atom stereocenters. The molecule has 0 bridgehead atoms. The molecule has 1 aromatic heterocycles. The van der Waals surface area contributed by atoms with E-state index >= 15 is 0 Å². The highest BCUT2D eigenvalue weighted by molar-refractivity contribution is 8.26. The molecule has 2 heterocycles. The zero-order valence-corrected chi connectivity index (χ0v) is 18.1. The molecule has 9 nitrogen and oxygen atoms in total. The lowest BCUT2D eigenvalue weighted by atomic mass is 10.2. The maximum absolute atomic E-state index is 12.4. The van der Waals surface area contributed by atoms with Gasteiger partial charge in [-0.2, -0.15) is 0 Å². The van der Waals surface area contributed by atoms with Crippen molar-refractivity contribution in [1.82, 2.24) is 4.90 Å². The molecule has 0 saturated carbocycles. The number of hydrogen-bond acceptors (Lipinski definition) is 9. The lowest BCUT2D eigenvalue weighted by Crippen LogP contribution is -2.33. The summed E-state index contributed by atoms with van der Waals surface area (Å²) in [5, 5.41) is 8.92. The van der Waals surface area contributed by atoms with Crippen molar-refractivity contribution in [3.05, 3.63) is 52.3 Å². The summed E-state index contributed by atoms with van der Waals surface area (Å²) < 4.78 is 21.2. The molecule has 2 aromatic rings. The fourth-order valence-corrected chi connectivity index (χ4v) is 3.89. The molecular formula is C20H17NO8S2. The molecule has 1 aromatic carbocycles. The highest BCUT2D eigenvalue weighted by atomic mass is 32.2. The maximum atomic E-state index is 12.4. The van der Waals surface area contributed by atoms with Crippen LogP contribution in [0, 0.1) is 0 Å². The van der Waals surface area contributed by atoms with E-state index in [1.54, 1.807) is 30.3 Å². The summed E-state index contributed by atoms with van der Waals surface area (Å²) in [4.78, 5) is 36.1. The SMILES string of the molecule is COC(=O)c1ccc(COc2ccc(C=C3SC(=S)N(CC(=O)O)C3=O)cc2OC)o1. The van der Waals surface area contributed by atoms with Crippen molar-refractivity contribution in [2.75, 3.05) is 20.8 Å². The van der Waals surface area contributed by atoms with Crippen LogP contribution in [0.25, 0.3) is 6.08 Å². The predicted molar refractivity (Wildman–Crippen MR) is 115 cm³/mol. The number of esters is 1. The van der Waals surface area contributed by atoms with E-state index < -0.39 is 24.4 Å². The van der Waals surface area contributed by atoms with Crippen LogP contribution in [0.1, 0.15) is 21.9 Å². The second-order valence-corrected chi connectivity index (χ2v) is 7.79. The van der Waals surface area contributed by atoms with Crippen LogP contribution in [0.5, 0.6) is 11.5 Å². The number of hydrogen-bond donors (Lipinski definition) is 1. The zero-order valence-electron chi connectivity index (χ0n) is 16.4. The van der Waals surface area contributed by atoms with Crippen LogP contribution in [-0.4, -0.2) is 52.9 Å². The topological polar surface area (TPSA) is 116 Å². The minimum Gasteiger partial charge on any atom is -0.493 e. The largest absolute Gasteiger partial charge is 0.493 e. The van der Waals surface area contributed by atoms with E-state index in [0.717, 1.165) is 16.7 Å². The van der Waals surface area contributed by atoms with Gasteiger partial charge < -0.3 is 23.7 Å². The molecule has 3 rings (SSSR count). The molecule has 0 radical (unpaired) electrons. The summed E-state index contributed by atoms with van der Waals surface area (Å²) in [5.74, 6) is -0.852. The Hall–Kier alpha value is -3.31. The van der Waals surface area contributed by atoms with Gasteiger partial charge in [0.2, 0.25) is 5.76 Å². The summed E-state index contributed by atoms with van der Waals surface area (Å²) >= 11 is 6.12. The van der Waals surface area contributed by atoms with Gasteiger partial charge in [-0.3, -0.25) is 14.5 Å². The summed E-state index contributed by atoms with van der Waals surface area (Å²) in [6.45, 7) is -0.427. The Morgan fingerprint density at radius 2 is 2.00 bits per heavy atom. The zero-order chi connectivity index (χ0) is 22.5. The number of furan rings is 1. The number of thiocarbonyl (C=S) groups is 1. The summed E-state index contributed by atoms with van der Waals surface area (Å²) in [6, 6.07) is 8.13. The number of rotatable bonds is 8. The Morgan fingerprint density at radius 3 is 2.68 bits per heavy atom. The minimum absolute atomic E-state index is 0.0561. The van der Waals surface area contributed by atoms with E-state index in [1.165, 1.54) is 20.3 Å². The van der Waals surface area contributed by atoms with Gasteiger partial charge in [0.25, 0.3) is 5.91 Å². The first-order chi connectivity index (χ1) is 14.8. The second kappa shape index (κ2) is 9.67. The molecule has 1 aliphatic heterocycles. The number of amides is 1. The number of nitrogens with zero attached hydrogens (tertiary/aromatic N) is 1. The summed E-state index contributed by atoms with van der Waals surface area (Å²) in [6.07, 6.45) is 1.60. The van der Waals surface area contributed by atoms with Crippen LogP contribution in [0.3, 0.4) is 0 Å². The van der Waals surface area contributed by atoms with Crippen molar-refractivity contribution in [2.45, 2.75) is 6.61 Å². The number of benzene rings is 1. The Bertz CT molecular complexity index is 1070. The minimum atomic E-state index is -1.14. The number of carbonyl (C=O) groups excluding carboxylic acids is 2. The average Bonchev–Trinajstić information content (AvgIpc) is 3.32. The molecular weight excluding hydrogens is 446 g/mol. The molecule has 1 aliphatic rings. The van der Waals surface area contributed by atoms with Crippen LogP contribution in [0.15, 0.2) is 39.7 Å². The third kappa shape index (κ3) is 5.25. The lowest BCUT2D eigenvalue weighted by molar-refractivity contribution is -0.140. The Labute approximate surface area is 186 Å². The standard InChI is InChI=1S/C20H17NO8S2/c1-26-15-7-11(8-16-18(24)21(9-17(22)23)20(30)31-16)3-5-13(15)28-10-12-4-6-14(29-12)19(25)27-2/h3-8H,9-10H2,1-2H3,(H,22,23). The molecule has 0 unspecified atom stereocenters. The van der Waals surface area contributed by atoms with Crippen molar-refractivity contribution < 1.29 is 38.1 Å². The number of carboxylic acid groups (broad SMARTS) is 1. The number of methoxy groups -OCH3 is 2. The smallest absolute Gasteiger partial charge is 0.373 e. The Balaban J connectivity index is 1.73. The van der Waals surface area contributed by atoms with E-state index in [2.05, 4.69) is 4.74 Å². The Morgan fingerprint density at radius 1 is 1.23 bits per heavy atom. The quantitative estimate of drug-likeness (QED) is 0.356. The molecule has 1 amide bonds.